The fraction of sp³-hybridized carbons (Fsp3) is 0.429. The van der Waals surface area contributed by atoms with Gasteiger partial charge in [-0.15, -0.1) is 0 Å². The minimum atomic E-state index is -0.948. The first kappa shape index (κ1) is 15.0. The van der Waals surface area contributed by atoms with Gasteiger partial charge in [-0.2, -0.15) is 0 Å². The molecule has 0 aliphatic heterocycles. The van der Waals surface area contributed by atoms with Crippen LogP contribution in [0, 0.1) is 23.0 Å². The number of nitrogens with one attached hydrogen (secondary N) is 1. The summed E-state index contributed by atoms with van der Waals surface area (Å²) in [6.07, 6.45) is 1.80. The summed E-state index contributed by atoms with van der Waals surface area (Å²) in [5, 5.41) is 22.8. The number of hydrogen-bond donors (Lipinski definition) is 2. The van der Waals surface area contributed by atoms with Gasteiger partial charge in [-0.3, -0.25) is 19.7 Å². The minimum Gasteiger partial charge on any atom is -0.481 e. The number of carbonyl (C=O) groups is 2. The Labute approximate surface area is 121 Å². The van der Waals surface area contributed by atoms with E-state index in [0.717, 1.165) is 6.42 Å². The topological polar surface area (TPSA) is 110 Å². The van der Waals surface area contributed by atoms with Gasteiger partial charge in [0.1, 0.15) is 5.56 Å². The van der Waals surface area contributed by atoms with Crippen molar-refractivity contribution < 1.29 is 19.6 Å². The van der Waals surface area contributed by atoms with Crippen LogP contribution >= 0.6 is 0 Å². The largest absolute Gasteiger partial charge is 0.481 e. The van der Waals surface area contributed by atoms with Gasteiger partial charge in [0.25, 0.3) is 11.6 Å². The number of carboxylic acid groups (broad SMARTS) is 1. The maximum Gasteiger partial charge on any atom is 0.308 e. The van der Waals surface area contributed by atoms with Crippen molar-refractivity contribution in [2.24, 2.45) is 5.92 Å². The van der Waals surface area contributed by atoms with Crippen molar-refractivity contribution in [3.05, 3.63) is 39.4 Å². The highest BCUT2D eigenvalue weighted by molar-refractivity contribution is 5.99. The number of rotatable bonds is 4. The lowest BCUT2D eigenvalue weighted by atomic mass is 10.0. The van der Waals surface area contributed by atoms with Gasteiger partial charge in [-0.1, -0.05) is 18.6 Å². The quantitative estimate of drug-likeness (QED) is 0.650. The van der Waals surface area contributed by atoms with Crippen molar-refractivity contribution in [3.8, 4) is 0 Å². The van der Waals surface area contributed by atoms with E-state index in [1.807, 2.05) is 0 Å². The summed E-state index contributed by atoms with van der Waals surface area (Å²) in [6.45, 7) is 1.56. The Morgan fingerprint density at radius 1 is 1.38 bits per heavy atom. The minimum absolute atomic E-state index is 0.0314. The van der Waals surface area contributed by atoms with Gasteiger partial charge in [-0.05, 0) is 25.8 Å². The maximum atomic E-state index is 12.2. The van der Waals surface area contributed by atoms with E-state index in [0.29, 0.717) is 18.4 Å². The number of nitro benzene ring substituents is 1. The van der Waals surface area contributed by atoms with Crippen LogP contribution in [-0.4, -0.2) is 27.9 Å². The number of benzene rings is 1. The van der Waals surface area contributed by atoms with Crippen LogP contribution in [0.2, 0.25) is 0 Å². The summed E-state index contributed by atoms with van der Waals surface area (Å²) < 4.78 is 0. The van der Waals surface area contributed by atoms with Gasteiger partial charge < -0.3 is 10.4 Å². The number of para-hydroxylation sites is 1. The Balaban J connectivity index is 2.23. The van der Waals surface area contributed by atoms with Gasteiger partial charge >= 0.3 is 5.97 Å². The zero-order valence-corrected chi connectivity index (χ0v) is 11.5. The Hall–Kier alpha value is -2.44. The molecule has 7 heteroatoms. The molecule has 1 saturated carbocycles. The second-order valence-electron chi connectivity index (χ2n) is 5.18. The normalized spacial score (nSPS) is 21.0. The average molecular weight is 292 g/mol. The van der Waals surface area contributed by atoms with Crippen LogP contribution in [0.1, 0.15) is 35.2 Å². The average Bonchev–Trinajstić information content (AvgIpc) is 2.86. The standard InChI is InChI=1S/C14H16N2O5/c1-8-4-2-6-10(12(8)16(20)21)13(17)15-11-7-3-5-9(11)14(18)19/h2,4,6,9,11H,3,5,7H2,1H3,(H,15,17)(H,18,19). The van der Waals surface area contributed by atoms with Crippen molar-refractivity contribution in [2.45, 2.75) is 32.2 Å². The Morgan fingerprint density at radius 2 is 2.10 bits per heavy atom. The summed E-state index contributed by atoms with van der Waals surface area (Å²) in [5.74, 6) is -2.17. The second-order valence-corrected chi connectivity index (χ2v) is 5.18. The van der Waals surface area contributed by atoms with Crippen LogP contribution in [-0.2, 0) is 4.79 Å². The molecule has 1 fully saturated rings. The Kier molecular flexibility index (Phi) is 4.21. The van der Waals surface area contributed by atoms with Crippen LogP contribution in [0.5, 0.6) is 0 Å². The highest BCUT2D eigenvalue weighted by Gasteiger charge is 2.35. The molecular weight excluding hydrogens is 276 g/mol. The number of aryl methyl sites for hydroxylation is 1. The fourth-order valence-electron chi connectivity index (χ4n) is 2.76. The smallest absolute Gasteiger partial charge is 0.308 e. The van der Waals surface area contributed by atoms with Gasteiger partial charge in [-0.25, -0.2) is 0 Å². The molecule has 7 nitrogen and oxygen atoms in total. The predicted octanol–water partition coefficient (Wildman–Crippen LogP) is 1.89. The van der Waals surface area contributed by atoms with E-state index in [9.17, 15) is 19.7 Å². The molecule has 2 N–H and O–H groups in total. The molecule has 112 valence electrons. The molecular formula is C14H16N2O5. The summed E-state index contributed by atoms with van der Waals surface area (Å²) >= 11 is 0. The highest BCUT2D eigenvalue weighted by atomic mass is 16.6. The van der Waals surface area contributed by atoms with E-state index in [1.165, 1.54) is 6.07 Å². The third kappa shape index (κ3) is 3.01. The van der Waals surface area contributed by atoms with E-state index in [-0.39, 0.29) is 11.3 Å². The number of hydrogen-bond acceptors (Lipinski definition) is 4. The maximum absolute atomic E-state index is 12.2. The molecule has 1 aliphatic rings. The van der Waals surface area contributed by atoms with Crippen molar-refractivity contribution in [2.75, 3.05) is 0 Å². The first-order valence-electron chi connectivity index (χ1n) is 6.69. The number of carboxylic acids is 1. The molecule has 0 saturated heterocycles. The zero-order valence-electron chi connectivity index (χ0n) is 11.5. The van der Waals surface area contributed by atoms with Crippen LogP contribution < -0.4 is 5.32 Å². The van der Waals surface area contributed by atoms with Gasteiger partial charge in [0.15, 0.2) is 0 Å². The van der Waals surface area contributed by atoms with Crippen molar-refractivity contribution in [1.82, 2.24) is 5.32 Å². The Bertz CT molecular complexity index is 599. The van der Waals surface area contributed by atoms with Crippen LogP contribution in [0.15, 0.2) is 18.2 Å². The Morgan fingerprint density at radius 3 is 2.71 bits per heavy atom. The highest BCUT2D eigenvalue weighted by Crippen LogP contribution is 2.28. The zero-order chi connectivity index (χ0) is 15.6. The molecule has 2 rings (SSSR count). The third-order valence-corrected chi connectivity index (χ3v) is 3.81. The molecule has 0 spiro atoms. The van der Waals surface area contributed by atoms with E-state index < -0.39 is 28.8 Å². The van der Waals surface area contributed by atoms with Crippen molar-refractivity contribution in [1.29, 1.82) is 0 Å². The predicted molar refractivity (Wildman–Crippen MR) is 74.1 cm³/mol. The van der Waals surface area contributed by atoms with Crippen molar-refractivity contribution >= 4 is 17.6 Å². The molecule has 1 aliphatic carbocycles. The monoisotopic (exact) mass is 292 g/mol. The van der Waals surface area contributed by atoms with Gasteiger partial charge in [0.05, 0.1) is 10.8 Å². The van der Waals surface area contributed by atoms with E-state index >= 15 is 0 Å². The number of aliphatic carboxylic acids is 1. The second kappa shape index (κ2) is 5.90. The number of nitro groups is 1. The summed E-state index contributed by atoms with van der Waals surface area (Å²) in [5.41, 5.74) is 0.129. The molecule has 2 atom stereocenters. The van der Waals surface area contributed by atoms with E-state index in [1.54, 1.807) is 19.1 Å². The van der Waals surface area contributed by atoms with Crippen LogP contribution in [0.3, 0.4) is 0 Å². The van der Waals surface area contributed by atoms with Crippen LogP contribution in [0.25, 0.3) is 0 Å². The first-order valence-corrected chi connectivity index (χ1v) is 6.69. The third-order valence-electron chi connectivity index (χ3n) is 3.81. The molecule has 1 amide bonds. The lowest BCUT2D eigenvalue weighted by molar-refractivity contribution is -0.385. The van der Waals surface area contributed by atoms with Crippen LogP contribution in [0.4, 0.5) is 5.69 Å². The molecule has 1 aromatic carbocycles. The molecule has 1 aromatic rings. The van der Waals surface area contributed by atoms with Gasteiger partial charge in [0.2, 0.25) is 0 Å². The molecule has 2 unspecified atom stereocenters. The SMILES string of the molecule is Cc1cccc(C(=O)NC2CCCC2C(=O)O)c1[N+](=O)[O-]. The number of nitrogens with zero attached hydrogens (tertiary/aromatic N) is 1. The van der Waals surface area contributed by atoms with E-state index in [2.05, 4.69) is 5.32 Å². The first-order chi connectivity index (χ1) is 9.91. The summed E-state index contributed by atoms with van der Waals surface area (Å²) in [4.78, 5) is 33.8. The summed E-state index contributed by atoms with van der Waals surface area (Å²) in [6, 6.07) is 4.03. The van der Waals surface area contributed by atoms with Gasteiger partial charge in [0, 0.05) is 11.6 Å². The molecule has 0 heterocycles. The molecule has 0 radical (unpaired) electrons. The molecule has 21 heavy (non-hydrogen) atoms. The number of carbonyl (C=O) groups excluding carboxylic acids is 1. The fourth-order valence-corrected chi connectivity index (χ4v) is 2.76. The number of amides is 1. The molecule has 0 bridgehead atoms. The summed E-state index contributed by atoms with van der Waals surface area (Å²) in [7, 11) is 0. The lowest BCUT2D eigenvalue weighted by Crippen LogP contribution is -2.40. The van der Waals surface area contributed by atoms with Crippen molar-refractivity contribution in [3.63, 3.8) is 0 Å². The molecule has 0 aromatic heterocycles. The van der Waals surface area contributed by atoms with E-state index in [4.69, 9.17) is 5.11 Å². The lowest BCUT2D eigenvalue weighted by Gasteiger charge is -2.17.